The maximum absolute atomic E-state index is 11.6. The van der Waals surface area contributed by atoms with Crippen LogP contribution in [0.3, 0.4) is 0 Å². The number of ether oxygens (including phenoxy) is 1. The van der Waals surface area contributed by atoms with Crippen LogP contribution in [0.2, 0.25) is 0 Å². The minimum atomic E-state index is -0.420. The van der Waals surface area contributed by atoms with Crippen LogP contribution in [0.1, 0.15) is 5.56 Å². The molecule has 0 aliphatic heterocycles. The van der Waals surface area contributed by atoms with Crippen molar-refractivity contribution in [2.24, 2.45) is 0 Å². The van der Waals surface area contributed by atoms with E-state index >= 15 is 0 Å². The molecular formula is C9H10BrFO. The number of halogens is 2. The van der Waals surface area contributed by atoms with Crippen LogP contribution < -0.4 is 0 Å². The lowest BCUT2D eigenvalue weighted by atomic mass is 10.2. The summed E-state index contributed by atoms with van der Waals surface area (Å²) in [5.41, 5.74) is 1.06. The van der Waals surface area contributed by atoms with Gasteiger partial charge in [0.2, 0.25) is 0 Å². The van der Waals surface area contributed by atoms with E-state index in [4.69, 9.17) is 4.74 Å². The Balaban J connectivity index is 2.37. The van der Waals surface area contributed by atoms with E-state index in [0.29, 0.717) is 6.61 Å². The van der Waals surface area contributed by atoms with Crippen molar-refractivity contribution in [3.05, 3.63) is 34.3 Å². The van der Waals surface area contributed by atoms with Gasteiger partial charge in [-0.2, -0.15) is 0 Å². The molecule has 0 fully saturated rings. The topological polar surface area (TPSA) is 9.23 Å². The van der Waals surface area contributed by atoms with E-state index in [1.807, 2.05) is 24.3 Å². The molecule has 0 N–H and O–H groups in total. The van der Waals surface area contributed by atoms with Gasteiger partial charge in [0.05, 0.1) is 13.2 Å². The fraction of sp³-hybridized carbons (Fsp3) is 0.333. The second-order valence-electron chi connectivity index (χ2n) is 2.37. The first-order valence-corrected chi connectivity index (χ1v) is 4.50. The molecule has 1 aromatic rings. The molecule has 0 radical (unpaired) electrons. The lowest BCUT2D eigenvalue weighted by molar-refractivity contribution is 0.106. The van der Waals surface area contributed by atoms with E-state index in [1.165, 1.54) is 0 Å². The largest absolute Gasteiger partial charge is 0.374 e. The number of hydrogen-bond acceptors (Lipinski definition) is 1. The van der Waals surface area contributed by atoms with Gasteiger partial charge in [-0.3, -0.25) is 0 Å². The molecule has 1 rings (SSSR count). The summed E-state index contributed by atoms with van der Waals surface area (Å²) in [5.74, 6) is 0. The molecule has 3 heteroatoms. The van der Waals surface area contributed by atoms with Crippen LogP contribution in [-0.2, 0) is 11.3 Å². The fourth-order valence-corrected chi connectivity index (χ4v) is 1.09. The summed E-state index contributed by atoms with van der Waals surface area (Å²) in [4.78, 5) is 0. The van der Waals surface area contributed by atoms with Crippen LogP contribution in [0.5, 0.6) is 0 Å². The standard InChI is InChI=1S/C9H10BrFO/c10-9-3-1-8(2-4-9)7-12-6-5-11/h1-4H,5-7H2. The van der Waals surface area contributed by atoms with Crippen molar-refractivity contribution < 1.29 is 9.13 Å². The molecule has 1 nitrogen and oxygen atoms in total. The molecule has 66 valence electrons. The number of benzene rings is 1. The van der Waals surface area contributed by atoms with Gasteiger partial charge in [-0.05, 0) is 17.7 Å². The van der Waals surface area contributed by atoms with Gasteiger partial charge in [0, 0.05) is 4.47 Å². The predicted octanol–water partition coefficient (Wildman–Crippen LogP) is 2.94. The average molecular weight is 233 g/mol. The van der Waals surface area contributed by atoms with E-state index < -0.39 is 6.67 Å². The highest BCUT2D eigenvalue weighted by molar-refractivity contribution is 9.10. The van der Waals surface area contributed by atoms with Crippen molar-refractivity contribution >= 4 is 15.9 Å². The highest BCUT2D eigenvalue weighted by Gasteiger charge is 1.92. The number of rotatable bonds is 4. The fourth-order valence-electron chi connectivity index (χ4n) is 0.825. The molecule has 0 saturated heterocycles. The zero-order valence-corrected chi connectivity index (χ0v) is 8.18. The first-order valence-electron chi connectivity index (χ1n) is 3.71. The Kier molecular flexibility index (Phi) is 4.25. The average Bonchev–Trinajstić information content (AvgIpc) is 2.09. The van der Waals surface area contributed by atoms with Crippen LogP contribution in [-0.4, -0.2) is 13.3 Å². The summed E-state index contributed by atoms with van der Waals surface area (Å²) in [6, 6.07) is 7.77. The van der Waals surface area contributed by atoms with Gasteiger partial charge in [-0.1, -0.05) is 28.1 Å². The monoisotopic (exact) mass is 232 g/mol. The zero-order chi connectivity index (χ0) is 8.81. The number of alkyl halides is 1. The van der Waals surface area contributed by atoms with E-state index in [-0.39, 0.29) is 6.61 Å². The summed E-state index contributed by atoms with van der Waals surface area (Å²) in [7, 11) is 0. The molecule has 0 aliphatic rings. The maximum atomic E-state index is 11.6. The van der Waals surface area contributed by atoms with Crippen LogP contribution in [0, 0.1) is 0 Å². The minimum Gasteiger partial charge on any atom is -0.374 e. The van der Waals surface area contributed by atoms with Gasteiger partial charge in [-0.25, -0.2) is 4.39 Å². The van der Waals surface area contributed by atoms with Gasteiger partial charge in [-0.15, -0.1) is 0 Å². The summed E-state index contributed by atoms with van der Waals surface area (Å²) >= 11 is 3.33. The molecule has 0 atom stereocenters. The SMILES string of the molecule is FCCOCc1ccc(Br)cc1. The van der Waals surface area contributed by atoms with Crippen LogP contribution in [0.4, 0.5) is 4.39 Å². The van der Waals surface area contributed by atoms with Crippen LogP contribution in [0.15, 0.2) is 28.7 Å². The molecular weight excluding hydrogens is 223 g/mol. The molecule has 0 heterocycles. The summed E-state index contributed by atoms with van der Waals surface area (Å²) in [5, 5.41) is 0. The van der Waals surface area contributed by atoms with Crippen molar-refractivity contribution in [1.82, 2.24) is 0 Å². The smallest absolute Gasteiger partial charge is 0.113 e. The molecule has 0 aromatic heterocycles. The second kappa shape index (κ2) is 5.27. The van der Waals surface area contributed by atoms with E-state index in [9.17, 15) is 4.39 Å². The minimum absolute atomic E-state index is 0.177. The van der Waals surface area contributed by atoms with Gasteiger partial charge < -0.3 is 4.74 Å². The van der Waals surface area contributed by atoms with Gasteiger partial charge >= 0.3 is 0 Å². The Labute approximate surface area is 79.7 Å². The van der Waals surface area contributed by atoms with Gasteiger partial charge in [0.15, 0.2) is 0 Å². The molecule has 0 unspecified atom stereocenters. The van der Waals surface area contributed by atoms with Crippen molar-refractivity contribution in [1.29, 1.82) is 0 Å². The quantitative estimate of drug-likeness (QED) is 0.726. The summed E-state index contributed by atoms with van der Waals surface area (Å²) in [6.45, 7) is 0.240. The van der Waals surface area contributed by atoms with Crippen molar-refractivity contribution in [2.45, 2.75) is 6.61 Å². The molecule has 0 spiro atoms. The normalized spacial score (nSPS) is 10.2. The van der Waals surface area contributed by atoms with E-state index in [2.05, 4.69) is 15.9 Å². The molecule has 0 amide bonds. The van der Waals surface area contributed by atoms with Crippen molar-refractivity contribution in [3.63, 3.8) is 0 Å². The zero-order valence-electron chi connectivity index (χ0n) is 6.59. The highest BCUT2D eigenvalue weighted by atomic mass is 79.9. The first-order chi connectivity index (χ1) is 5.83. The Morgan fingerprint density at radius 2 is 1.92 bits per heavy atom. The predicted molar refractivity (Wildman–Crippen MR) is 49.8 cm³/mol. The Hall–Kier alpha value is -0.410. The van der Waals surface area contributed by atoms with Crippen LogP contribution >= 0.6 is 15.9 Å². The third kappa shape index (κ3) is 3.32. The summed E-state index contributed by atoms with van der Waals surface area (Å²) in [6.07, 6.45) is 0. The lowest BCUT2D eigenvalue weighted by Crippen LogP contribution is -1.96. The van der Waals surface area contributed by atoms with Crippen molar-refractivity contribution in [3.8, 4) is 0 Å². The Morgan fingerprint density at radius 3 is 2.50 bits per heavy atom. The Morgan fingerprint density at radius 1 is 1.25 bits per heavy atom. The third-order valence-electron chi connectivity index (χ3n) is 1.40. The highest BCUT2D eigenvalue weighted by Crippen LogP contribution is 2.10. The lowest BCUT2D eigenvalue weighted by Gasteiger charge is -2.01. The number of hydrogen-bond donors (Lipinski definition) is 0. The van der Waals surface area contributed by atoms with E-state index in [0.717, 1.165) is 10.0 Å². The van der Waals surface area contributed by atoms with Gasteiger partial charge in [0.25, 0.3) is 0 Å². The molecule has 0 saturated carbocycles. The maximum Gasteiger partial charge on any atom is 0.113 e. The Bertz CT molecular complexity index is 222. The van der Waals surface area contributed by atoms with Crippen molar-refractivity contribution in [2.75, 3.05) is 13.3 Å². The van der Waals surface area contributed by atoms with Gasteiger partial charge in [0.1, 0.15) is 6.67 Å². The molecule has 1 aromatic carbocycles. The third-order valence-corrected chi connectivity index (χ3v) is 1.93. The summed E-state index contributed by atoms with van der Waals surface area (Å²) < 4.78 is 17.7. The van der Waals surface area contributed by atoms with Crippen LogP contribution in [0.25, 0.3) is 0 Å². The molecule has 0 bridgehead atoms. The molecule has 12 heavy (non-hydrogen) atoms. The first kappa shape index (κ1) is 9.68. The molecule has 0 aliphatic carbocycles. The van der Waals surface area contributed by atoms with E-state index in [1.54, 1.807) is 0 Å². The second-order valence-corrected chi connectivity index (χ2v) is 3.28.